The molecule has 4 rings (SSSR count). The SMILES string of the molecule is CC(C)(O)C(O)CCC(C)(O)C1CCC2(C)C1C(O)CC1C3(C)CCC(O)C(C)(C)C3C(O)CC12C. The van der Waals surface area contributed by atoms with Crippen molar-refractivity contribution in [3.63, 3.8) is 0 Å². The van der Waals surface area contributed by atoms with E-state index in [4.69, 9.17) is 0 Å². The first kappa shape index (κ1) is 28.8. The number of aliphatic hydroxyl groups is 6. The zero-order valence-corrected chi connectivity index (χ0v) is 24.0. The molecule has 6 heteroatoms. The van der Waals surface area contributed by atoms with Gasteiger partial charge in [0.05, 0.1) is 35.6 Å². The van der Waals surface area contributed by atoms with Crippen molar-refractivity contribution in [2.24, 2.45) is 45.3 Å². The van der Waals surface area contributed by atoms with Crippen LogP contribution in [0.3, 0.4) is 0 Å². The monoisotopic (exact) mass is 510 g/mol. The van der Waals surface area contributed by atoms with E-state index in [0.29, 0.717) is 25.7 Å². The lowest BCUT2D eigenvalue weighted by atomic mass is 9.34. The lowest BCUT2D eigenvalue weighted by Crippen LogP contribution is -2.69. The van der Waals surface area contributed by atoms with Crippen LogP contribution in [0.2, 0.25) is 0 Å². The molecule has 4 saturated carbocycles. The van der Waals surface area contributed by atoms with Crippen molar-refractivity contribution in [2.75, 3.05) is 0 Å². The van der Waals surface area contributed by atoms with Gasteiger partial charge in [0.15, 0.2) is 0 Å². The van der Waals surface area contributed by atoms with E-state index in [-0.39, 0.29) is 45.3 Å². The molecule has 0 amide bonds. The highest BCUT2D eigenvalue weighted by molar-refractivity contribution is 5.21. The molecule has 0 saturated heterocycles. The van der Waals surface area contributed by atoms with Gasteiger partial charge < -0.3 is 30.6 Å². The first-order valence-corrected chi connectivity index (χ1v) is 14.4. The van der Waals surface area contributed by atoms with Gasteiger partial charge in [0, 0.05) is 0 Å². The molecule has 0 aromatic heterocycles. The first-order chi connectivity index (χ1) is 16.2. The molecule has 0 aromatic carbocycles. The highest BCUT2D eigenvalue weighted by atomic mass is 16.3. The maximum absolute atomic E-state index is 11.8. The van der Waals surface area contributed by atoms with Crippen molar-refractivity contribution < 1.29 is 30.6 Å². The zero-order valence-electron chi connectivity index (χ0n) is 24.0. The van der Waals surface area contributed by atoms with Crippen LogP contribution in [0.5, 0.6) is 0 Å². The summed E-state index contributed by atoms with van der Waals surface area (Å²) in [5.41, 5.74) is -3.31. The molecule has 0 aliphatic heterocycles. The number of rotatable bonds is 5. The molecule has 6 N–H and O–H groups in total. The van der Waals surface area contributed by atoms with Crippen molar-refractivity contribution >= 4 is 0 Å². The predicted molar refractivity (Wildman–Crippen MR) is 140 cm³/mol. The van der Waals surface area contributed by atoms with Crippen molar-refractivity contribution in [1.82, 2.24) is 0 Å². The molecule has 0 bridgehead atoms. The van der Waals surface area contributed by atoms with E-state index in [2.05, 4.69) is 34.6 Å². The van der Waals surface area contributed by atoms with E-state index in [0.717, 1.165) is 25.7 Å². The van der Waals surface area contributed by atoms with Gasteiger partial charge in [-0.2, -0.15) is 0 Å². The standard InChI is InChI=1S/C30H54O6/c1-25(2)21(33)10-12-27(5)20-15-18(31)23-17(30(8,36)14-11-22(34)26(3,4)35)9-13-28(23,6)29(20,7)16-19(32)24(25)27/h17-24,31-36H,9-16H2,1-8H3. The maximum Gasteiger partial charge on any atom is 0.0849 e. The largest absolute Gasteiger partial charge is 0.393 e. The van der Waals surface area contributed by atoms with E-state index in [1.54, 1.807) is 13.8 Å². The second-order valence-corrected chi connectivity index (χ2v) is 15.6. The molecule has 0 radical (unpaired) electrons. The highest BCUT2D eigenvalue weighted by Crippen LogP contribution is 2.75. The van der Waals surface area contributed by atoms with Gasteiger partial charge in [-0.25, -0.2) is 0 Å². The van der Waals surface area contributed by atoms with Crippen LogP contribution in [0.4, 0.5) is 0 Å². The van der Waals surface area contributed by atoms with E-state index in [1.165, 1.54) is 0 Å². The van der Waals surface area contributed by atoms with Gasteiger partial charge >= 0.3 is 0 Å². The van der Waals surface area contributed by atoms with Gasteiger partial charge in [-0.3, -0.25) is 0 Å². The molecule has 12 unspecified atom stereocenters. The molecular formula is C30H54O6. The summed E-state index contributed by atoms with van der Waals surface area (Å²) >= 11 is 0. The average molecular weight is 511 g/mol. The van der Waals surface area contributed by atoms with E-state index >= 15 is 0 Å². The number of aliphatic hydroxyl groups excluding tert-OH is 4. The highest BCUT2D eigenvalue weighted by Gasteiger charge is 2.72. The molecule has 4 aliphatic rings. The minimum absolute atomic E-state index is 0.0252. The Morgan fingerprint density at radius 3 is 2.06 bits per heavy atom. The summed E-state index contributed by atoms with van der Waals surface area (Å²) in [6.45, 7) is 16.1. The molecule has 4 aliphatic carbocycles. The normalized spacial score (nSPS) is 51.0. The van der Waals surface area contributed by atoms with Crippen LogP contribution in [0.15, 0.2) is 0 Å². The molecule has 36 heavy (non-hydrogen) atoms. The van der Waals surface area contributed by atoms with Gasteiger partial charge in [-0.1, -0.05) is 34.6 Å². The van der Waals surface area contributed by atoms with E-state index in [1.807, 2.05) is 6.92 Å². The fraction of sp³-hybridized carbons (Fsp3) is 1.00. The third kappa shape index (κ3) is 3.95. The lowest BCUT2D eigenvalue weighted by molar-refractivity contribution is -0.274. The fourth-order valence-electron chi connectivity index (χ4n) is 10.6. The van der Waals surface area contributed by atoms with Crippen LogP contribution in [0.25, 0.3) is 0 Å². The Labute approximate surface area is 218 Å². The molecule has 0 heterocycles. The average Bonchev–Trinajstić information content (AvgIpc) is 3.11. The van der Waals surface area contributed by atoms with Crippen LogP contribution >= 0.6 is 0 Å². The second kappa shape index (κ2) is 8.63. The Hall–Kier alpha value is -0.240. The van der Waals surface area contributed by atoms with Crippen molar-refractivity contribution in [3.8, 4) is 0 Å². The van der Waals surface area contributed by atoms with Gasteiger partial charge in [0.2, 0.25) is 0 Å². The van der Waals surface area contributed by atoms with Crippen molar-refractivity contribution in [3.05, 3.63) is 0 Å². The molecule has 4 fully saturated rings. The van der Waals surface area contributed by atoms with E-state index < -0.39 is 35.6 Å². The predicted octanol–water partition coefficient (Wildman–Crippen LogP) is 3.64. The van der Waals surface area contributed by atoms with Crippen LogP contribution in [-0.4, -0.2) is 66.3 Å². The smallest absolute Gasteiger partial charge is 0.0849 e. The molecule has 0 spiro atoms. The van der Waals surface area contributed by atoms with Gasteiger partial charge in [-0.05, 0) is 117 Å². The lowest BCUT2D eigenvalue weighted by Gasteiger charge is -2.71. The number of fused-ring (bicyclic) bond motifs is 5. The number of hydrogen-bond donors (Lipinski definition) is 6. The molecule has 0 aromatic rings. The quantitative estimate of drug-likeness (QED) is 0.336. The summed E-state index contributed by atoms with van der Waals surface area (Å²) in [5, 5.41) is 66.6. The summed E-state index contributed by atoms with van der Waals surface area (Å²) < 4.78 is 0. The minimum atomic E-state index is -1.23. The van der Waals surface area contributed by atoms with Crippen LogP contribution in [-0.2, 0) is 0 Å². The molecule has 6 nitrogen and oxygen atoms in total. The van der Waals surface area contributed by atoms with Crippen molar-refractivity contribution in [1.29, 1.82) is 0 Å². The van der Waals surface area contributed by atoms with Gasteiger partial charge in [0.25, 0.3) is 0 Å². The van der Waals surface area contributed by atoms with Crippen LogP contribution < -0.4 is 0 Å². The van der Waals surface area contributed by atoms with Crippen LogP contribution in [0.1, 0.15) is 107 Å². The molecule has 12 atom stereocenters. The van der Waals surface area contributed by atoms with E-state index in [9.17, 15) is 30.6 Å². The Kier molecular flexibility index (Phi) is 6.89. The fourth-order valence-corrected chi connectivity index (χ4v) is 10.6. The Balaban J connectivity index is 1.66. The van der Waals surface area contributed by atoms with Crippen molar-refractivity contribution in [2.45, 2.75) is 142 Å². The van der Waals surface area contributed by atoms with Crippen LogP contribution in [0, 0.1) is 45.3 Å². The Morgan fingerprint density at radius 1 is 0.861 bits per heavy atom. The third-order valence-corrected chi connectivity index (χ3v) is 12.8. The molecular weight excluding hydrogens is 456 g/mol. The Bertz CT molecular complexity index is 834. The minimum Gasteiger partial charge on any atom is -0.393 e. The topological polar surface area (TPSA) is 121 Å². The Morgan fingerprint density at radius 2 is 1.47 bits per heavy atom. The second-order valence-electron chi connectivity index (χ2n) is 15.6. The maximum atomic E-state index is 11.8. The summed E-state index contributed by atoms with van der Waals surface area (Å²) in [6.07, 6.45) is 2.79. The summed E-state index contributed by atoms with van der Waals surface area (Å²) in [4.78, 5) is 0. The summed E-state index contributed by atoms with van der Waals surface area (Å²) in [6, 6.07) is 0. The van der Waals surface area contributed by atoms with Gasteiger partial charge in [-0.15, -0.1) is 0 Å². The first-order valence-electron chi connectivity index (χ1n) is 14.4. The molecule has 210 valence electrons. The zero-order chi connectivity index (χ0) is 27.3. The van der Waals surface area contributed by atoms with Gasteiger partial charge in [0.1, 0.15) is 0 Å². The number of hydrogen-bond acceptors (Lipinski definition) is 6. The summed E-state index contributed by atoms with van der Waals surface area (Å²) in [5.74, 6) is -0.0101. The summed E-state index contributed by atoms with van der Waals surface area (Å²) in [7, 11) is 0. The third-order valence-electron chi connectivity index (χ3n) is 12.8.